The molecule has 1 fully saturated rings. The van der Waals surface area contributed by atoms with Gasteiger partial charge in [-0.05, 0) is 42.3 Å². The maximum absolute atomic E-state index is 5.94. The van der Waals surface area contributed by atoms with E-state index in [1.165, 1.54) is 5.56 Å². The Labute approximate surface area is 140 Å². The number of likely N-dealkylation sites (tertiary alicyclic amines) is 1. The van der Waals surface area contributed by atoms with Gasteiger partial charge >= 0.3 is 0 Å². The maximum Gasteiger partial charge on any atom is 0.0651 e. The Hall–Kier alpha value is -2.04. The first kappa shape index (κ1) is 14.5. The molecule has 1 aliphatic heterocycles. The van der Waals surface area contributed by atoms with Gasteiger partial charge in [0.25, 0.3) is 0 Å². The van der Waals surface area contributed by atoms with Crippen LogP contribution in [0.1, 0.15) is 12.0 Å². The lowest BCUT2D eigenvalue weighted by atomic mass is 10.2. The molecule has 0 bridgehead atoms. The van der Waals surface area contributed by atoms with Crippen LogP contribution >= 0.6 is 11.6 Å². The van der Waals surface area contributed by atoms with Crippen LogP contribution in [0, 0.1) is 0 Å². The van der Waals surface area contributed by atoms with Gasteiger partial charge in [-0.2, -0.15) is 5.10 Å². The molecule has 2 aromatic carbocycles. The SMILES string of the molecule is Clc1ccc(CN2CCC(Nc3ccc4[nH]ncc4c3)C2)cc1. The number of nitrogens with zero attached hydrogens (tertiary/aromatic N) is 2. The van der Waals surface area contributed by atoms with Crippen molar-refractivity contribution in [2.24, 2.45) is 0 Å². The smallest absolute Gasteiger partial charge is 0.0651 e. The van der Waals surface area contributed by atoms with E-state index >= 15 is 0 Å². The van der Waals surface area contributed by atoms with Gasteiger partial charge in [0.05, 0.1) is 11.7 Å². The summed E-state index contributed by atoms with van der Waals surface area (Å²) in [5.41, 5.74) is 3.55. The zero-order chi connectivity index (χ0) is 15.6. The summed E-state index contributed by atoms with van der Waals surface area (Å²) in [7, 11) is 0. The van der Waals surface area contributed by atoms with Crippen molar-refractivity contribution in [3.05, 3.63) is 59.2 Å². The molecule has 3 aromatic rings. The van der Waals surface area contributed by atoms with Crippen molar-refractivity contribution in [2.45, 2.75) is 19.0 Å². The molecule has 4 nitrogen and oxygen atoms in total. The van der Waals surface area contributed by atoms with Crippen molar-refractivity contribution >= 4 is 28.2 Å². The molecule has 2 heterocycles. The van der Waals surface area contributed by atoms with Gasteiger partial charge in [0.1, 0.15) is 0 Å². The minimum atomic E-state index is 0.492. The molecular formula is C18H19ClN4. The van der Waals surface area contributed by atoms with Crippen molar-refractivity contribution in [1.29, 1.82) is 0 Å². The van der Waals surface area contributed by atoms with E-state index < -0.39 is 0 Å². The van der Waals surface area contributed by atoms with Gasteiger partial charge in [0.15, 0.2) is 0 Å². The molecule has 1 atom stereocenters. The van der Waals surface area contributed by atoms with Gasteiger partial charge in [-0.25, -0.2) is 0 Å². The molecule has 1 unspecified atom stereocenters. The van der Waals surface area contributed by atoms with E-state index in [9.17, 15) is 0 Å². The monoisotopic (exact) mass is 326 g/mol. The normalized spacial score (nSPS) is 18.6. The Bertz CT molecular complexity index is 796. The van der Waals surface area contributed by atoms with E-state index in [-0.39, 0.29) is 0 Å². The fraction of sp³-hybridized carbons (Fsp3) is 0.278. The van der Waals surface area contributed by atoms with E-state index in [2.05, 4.69) is 50.7 Å². The number of anilines is 1. The first-order valence-corrected chi connectivity index (χ1v) is 8.30. The number of H-pyrrole nitrogens is 1. The standard InChI is InChI=1S/C18H19ClN4/c19-15-3-1-13(2-4-15)11-23-8-7-17(12-23)21-16-5-6-18-14(9-16)10-20-22-18/h1-6,9-10,17,21H,7-8,11-12H2,(H,20,22). The number of nitrogens with one attached hydrogen (secondary N) is 2. The molecule has 1 saturated heterocycles. The minimum Gasteiger partial charge on any atom is -0.381 e. The summed E-state index contributed by atoms with van der Waals surface area (Å²) in [6, 6.07) is 15.0. The number of rotatable bonds is 4. The van der Waals surface area contributed by atoms with Crippen molar-refractivity contribution in [3.63, 3.8) is 0 Å². The second-order valence-corrected chi connectivity index (χ2v) is 6.60. The Morgan fingerprint density at radius 1 is 1.22 bits per heavy atom. The van der Waals surface area contributed by atoms with E-state index in [1.54, 1.807) is 0 Å². The summed E-state index contributed by atoms with van der Waals surface area (Å²) in [4.78, 5) is 2.48. The van der Waals surface area contributed by atoms with Crippen molar-refractivity contribution in [3.8, 4) is 0 Å². The number of hydrogen-bond acceptors (Lipinski definition) is 3. The van der Waals surface area contributed by atoms with E-state index in [0.29, 0.717) is 6.04 Å². The molecular weight excluding hydrogens is 308 g/mol. The summed E-state index contributed by atoms with van der Waals surface area (Å²) in [6.45, 7) is 3.16. The summed E-state index contributed by atoms with van der Waals surface area (Å²) in [5, 5.41) is 12.6. The molecule has 0 aliphatic carbocycles. The molecule has 2 N–H and O–H groups in total. The predicted molar refractivity (Wildman–Crippen MR) is 94.9 cm³/mol. The Balaban J connectivity index is 1.37. The van der Waals surface area contributed by atoms with Gasteiger partial charge in [-0.1, -0.05) is 23.7 Å². The summed E-state index contributed by atoms with van der Waals surface area (Å²) in [5.74, 6) is 0. The number of aromatic nitrogens is 2. The van der Waals surface area contributed by atoms with Crippen LogP contribution in [0.2, 0.25) is 5.02 Å². The first-order valence-electron chi connectivity index (χ1n) is 7.93. The van der Waals surface area contributed by atoms with Crippen LogP contribution < -0.4 is 5.32 Å². The molecule has 0 saturated carbocycles. The summed E-state index contributed by atoms with van der Waals surface area (Å²) >= 11 is 5.94. The van der Waals surface area contributed by atoms with E-state index in [1.807, 2.05) is 18.3 Å². The lowest BCUT2D eigenvalue weighted by molar-refractivity contribution is 0.328. The van der Waals surface area contributed by atoms with Crippen LogP contribution in [-0.2, 0) is 6.54 Å². The third-order valence-electron chi connectivity index (χ3n) is 4.40. The highest BCUT2D eigenvalue weighted by molar-refractivity contribution is 6.30. The molecule has 0 spiro atoms. The second kappa shape index (κ2) is 6.22. The topological polar surface area (TPSA) is 44.0 Å². The Morgan fingerprint density at radius 2 is 2.09 bits per heavy atom. The summed E-state index contributed by atoms with van der Waals surface area (Å²) < 4.78 is 0. The molecule has 118 valence electrons. The van der Waals surface area contributed by atoms with Gasteiger partial charge < -0.3 is 5.32 Å². The van der Waals surface area contributed by atoms with Crippen molar-refractivity contribution in [2.75, 3.05) is 18.4 Å². The average molecular weight is 327 g/mol. The Morgan fingerprint density at radius 3 is 2.96 bits per heavy atom. The van der Waals surface area contributed by atoms with Crippen LogP contribution in [0.15, 0.2) is 48.7 Å². The van der Waals surface area contributed by atoms with Gasteiger partial charge in [-0.15, -0.1) is 0 Å². The molecule has 4 rings (SSSR count). The quantitative estimate of drug-likeness (QED) is 0.764. The Kier molecular flexibility index (Phi) is 3.93. The van der Waals surface area contributed by atoms with Crippen molar-refractivity contribution in [1.82, 2.24) is 15.1 Å². The van der Waals surface area contributed by atoms with Crippen LogP contribution in [0.25, 0.3) is 10.9 Å². The minimum absolute atomic E-state index is 0.492. The predicted octanol–water partition coefficient (Wildman–Crippen LogP) is 3.90. The zero-order valence-corrected chi connectivity index (χ0v) is 13.6. The third-order valence-corrected chi connectivity index (χ3v) is 4.65. The number of fused-ring (bicyclic) bond motifs is 1. The zero-order valence-electron chi connectivity index (χ0n) is 12.8. The lowest BCUT2D eigenvalue weighted by Gasteiger charge is -2.17. The molecule has 1 aromatic heterocycles. The third kappa shape index (κ3) is 3.33. The molecule has 1 aliphatic rings. The van der Waals surface area contributed by atoms with Crippen LogP contribution in [-0.4, -0.2) is 34.2 Å². The average Bonchev–Trinajstić information content (AvgIpc) is 3.18. The second-order valence-electron chi connectivity index (χ2n) is 6.16. The lowest BCUT2D eigenvalue weighted by Crippen LogP contribution is -2.25. The van der Waals surface area contributed by atoms with Crippen molar-refractivity contribution < 1.29 is 0 Å². The van der Waals surface area contributed by atoms with E-state index in [4.69, 9.17) is 11.6 Å². The first-order chi connectivity index (χ1) is 11.3. The maximum atomic E-state index is 5.94. The van der Waals surface area contributed by atoms with Crippen LogP contribution in [0.3, 0.4) is 0 Å². The number of hydrogen-bond donors (Lipinski definition) is 2. The highest BCUT2D eigenvalue weighted by atomic mass is 35.5. The van der Waals surface area contributed by atoms with E-state index in [0.717, 1.165) is 47.7 Å². The molecule has 0 radical (unpaired) electrons. The number of halogens is 1. The summed E-state index contributed by atoms with van der Waals surface area (Å²) in [6.07, 6.45) is 3.03. The van der Waals surface area contributed by atoms with Crippen LogP contribution in [0.4, 0.5) is 5.69 Å². The molecule has 0 amide bonds. The van der Waals surface area contributed by atoms with Gasteiger partial charge in [-0.3, -0.25) is 10.00 Å². The molecule has 5 heteroatoms. The van der Waals surface area contributed by atoms with Gasteiger partial charge in [0.2, 0.25) is 0 Å². The van der Waals surface area contributed by atoms with Crippen LogP contribution in [0.5, 0.6) is 0 Å². The largest absolute Gasteiger partial charge is 0.381 e. The highest BCUT2D eigenvalue weighted by Gasteiger charge is 2.22. The number of benzene rings is 2. The highest BCUT2D eigenvalue weighted by Crippen LogP contribution is 2.21. The van der Waals surface area contributed by atoms with Gasteiger partial charge in [0, 0.05) is 41.8 Å². The molecule has 23 heavy (non-hydrogen) atoms. The fourth-order valence-corrected chi connectivity index (χ4v) is 3.34. The fourth-order valence-electron chi connectivity index (χ4n) is 3.21. The number of aromatic amines is 1.